The number of amides is 1. The Balaban J connectivity index is 1.77. The Labute approximate surface area is 129 Å². The smallest absolute Gasteiger partial charge is 0.219 e. The number of hydrogen-bond acceptors (Lipinski definition) is 2. The summed E-state index contributed by atoms with van der Waals surface area (Å²) < 4.78 is 0. The Morgan fingerprint density at radius 2 is 2.00 bits per heavy atom. The van der Waals surface area contributed by atoms with Crippen LogP contribution in [0.4, 0.5) is 0 Å². The van der Waals surface area contributed by atoms with Gasteiger partial charge in [-0.05, 0) is 24.1 Å². The van der Waals surface area contributed by atoms with Crippen LogP contribution in [0.5, 0.6) is 0 Å². The van der Waals surface area contributed by atoms with Crippen molar-refractivity contribution in [1.82, 2.24) is 15.3 Å². The third-order valence-corrected chi connectivity index (χ3v) is 3.65. The van der Waals surface area contributed by atoms with E-state index in [2.05, 4.69) is 27.4 Å². The molecule has 112 valence electrons. The second kappa shape index (κ2) is 6.43. The van der Waals surface area contributed by atoms with Crippen LogP contribution in [0.15, 0.2) is 48.5 Å². The van der Waals surface area contributed by atoms with E-state index in [0.717, 1.165) is 28.8 Å². The number of hydrogen-bond donors (Lipinski definition) is 2. The van der Waals surface area contributed by atoms with Gasteiger partial charge < -0.3 is 10.3 Å². The summed E-state index contributed by atoms with van der Waals surface area (Å²) in [6.45, 7) is 2.52. The first kappa shape index (κ1) is 14.3. The summed E-state index contributed by atoms with van der Waals surface area (Å²) in [6, 6.07) is 16.3. The predicted octanol–water partition coefficient (Wildman–Crippen LogP) is 3.30. The molecule has 4 heteroatoms. The zero-order chi connectivity index (χ0) is 15.4. The summed E-state index contributed by atoms with van der Waals surface area (Å²) in [5.74, 6) is 0.973. The molecule has 2 aromatic carbocycles. The van der Waals surface area contributed by atoms with Gasteiger partial charge in [0.2, 0.25) is 5.91 Å². The quantitative estimate of drug-likeness (QED) is 0.758. The molecule has 0 unspecified atom stereocenters. The molecule has 1 heterocycles. The Bertz CT molecular complexity index is 777. The van der Waals surface area contributed by atoms with Gasteiger partial charge in [-0.1, -0.05) is 43.3 Å². The normalized spacial score (nSPS) is 10.8. The number of aromatic amines is 1. The summed E-state index contributed by atoms with van der Waals surface area (Å²) in [5.41, 5.74) is 4.25. The van der Waals surface area contributed by atoms with Crippen molar-refractivity contribution in [2.24, 2.45) is 0 Å². The van der Waals surface area contributed by atoms with E-state index >= 15 is 0 Å². The molecule has 2 N–H and O–H groups in total. The molecular weight excluding hydrogens is 274 g/mol. The fourth-order valence-corrected chi connectivity index (χ4v) is 2.42. The number of imidazole rings is 1. The van der Waals surface area contributed by atoms with Crippen molar-refractivity contribution in [3.63, 3.8) is 0 Å². The van der Waals surface area contributed by atoms with Gasteiger partial charge in [-0.3, -0.25) is 4.79 Å². The lowest BCUT2D eigenvalue weighted by Gasteiger charge is -2.03. The molecule has 0 bridgehead atoms. The highest BCUT2D eigenvalue weighted by Crippen LogP contribution is 2.21. The van der Waals surface area contributed by atoms with E-state index in [4.69, 9.17) is 0 Å². The first-order valence-electron chi connectivity index (χ1n) is 7.57. The third-order valence-electron chi connectivity index (χ3n) is 3.65. The number of benzene rings is 2. The number of nitrogens with one attached hydrogen (secondary N) is 2. The van der Waals surface area contributed by atoms with Crippen molar-refractivity contribution in [3.8, 4) is 11.4 Å². The summed E-state index contributed by atoms with van der Waals surface area (Å²) in [4.78, 5) is 19.2. The molecule has 0 aliphatic rings. The molecule has 0 atom stereocenters. The lowest BCUT2D eigenvalue weighted by molar-refractivity contribution is -0.120. The number of rotatable bonds is 5. The molecular formula is C18H19N3O. The molecule has 1 amide bonds. The molecule has 0 radical (unpaired) electrons. The summed E-state index contributed by atoms with van der Waals surface area (Å²) in [7, 11) is 0. The monoisotopic (exact) mass is 293 g/mol. The number of carbonyl (C=O) groups excluding carboxylic acids is 1. The highest BCUT2D eigenvalue weighted by molar-refractivity contribution is 5.80. The van der Waals surface area contributed by atoms with Crippen LogP contribution in [0.3, 0.4) is 0 Å². The number of aromatic nitrogens is 2. The van der Waals surface area contributed by atoms with Gasteiger partial charge in [0.05, 0.1) is 11.0 Å². The second-order valence-corrected chi connectivity index (χ2v) is 5.26. The molecule has 1 aromatic heterocycles. The van der Waals surface area contributed by atoms with Gasteiger partial charge in [0.1, 0.15) is 5.82 Å². The van der Waals surface area contributed by atoms with E-state index in [1.807, 2.05) is 43.3 Å². The average Bonchev–Trinajstić information content (AvgIpc) is 2.99. The van der Waals surface area contributed by atoms with Crippen LogP contribution in [0.1, 0.15) is 18.9 Å². The highest BCUT2D eigenvalue weighted by Gasteiger charge is 2.06. The van der Waals surface area contributed by atoms with E-state index in [-0.39, 0.29) is 5.91 Å². The molecule has 0 spiro atoms. The average molecular weight is 293 g/mol. The molecule has 22 heavy (non-hydrogen) atoms. The third kappa shape index (κ3) is 3.17. The standard InChI is InChI=1S/C18H19N3O/c1-2-17(22)19-11-10-13-8-9-15-16(12-13)21-18(20-15)14-6-4-3-5-7-14/h3-9,12H,2,10-11H2,1H3,(H,19,22)(H,20,21). The lowest BCUT2D eigenvalue weighted by atomic mass is 10.1. The summed E-state index contributed by atoms with van der Waals surface area (Å²) in [5, 5.41) is 2.90. The van der Waals surface area contributed by atoms with E-state index in [1.165, 1.54) is 5.56 Å². The van der Waals surface area contributed by atoms with Crippen molar-refractivity contribution >= 4 is 16.9 Å². The van der Waals surface area contributed by atoms with Gasteiger partial charge in [-0.25, -0.2) is 4.98 Å². The van der Waals surface area contributed by atoms with E-state index < -0.39 is 0 Å². The van der Waals surface area contributed by atoms with Crippen LogP contribution in [-0.4, -0.2) is 22.4 Å². The van der Waals surface area contributed by atoms with Crippen molar-refractivity contribution < 1.29 is 4.79 Å². The molecule has 0 saturated carbocycles. The minimum atomic E-state index is 0.0917. The SMILES string of the molecule is CCC(=O)NCCc1ccc2nc(-c3ccccc3)[nH]c2c1. The Morgan fingerprint density at radius 1 is 1.18 bits per heavy atom. The van der Waals surface area contributed by atoms with E-state index in [9.17, 15) is 4.79 Å². The second-order valence-electron chi connectivity index (χ2n) is 5.26. The van der Waals surface area contributed by atoms with Crippen LogP contribution < -0.4 is 5.32 Å². The number of H-pyrrole nitrogens is 1. The fraction of sp³-hybridized carbons (Fsp3) is 0.222. The fourth-order valence-electron chi connectivity index (χ4n) is 2.42. The lowest BCUT2D eigenvalue weighted by Crippen LogP contribution is -2.24. The highest BCUT2D eigenvalue weighted by atomic mass is 16.1. The summed E-state index contributed by atoms with van der Waals surface area (Å²) >= 11 is 0. The first-order chi connectivity index (χ1) is 10.8. The molecule has 0 fully saturated rings. The van der Waals surface area contributed by atoms with Crippen molar-refractivity contribution in [1.29, 1.82) is 0 Å². The topological polar surface area (TPSA) is 57.8 Å². The zero-order valence-corrected chi connectivity index (χ0v) is 12.6. The van der Waals surface area contributed by atoms with Gasteiger partial charge in [0.15, 0.2) is 0 Å². The minimum Gasteiger partial charge on any atom is -0.356 e. The van der Waals surface area contributed by atoms with Crippen LogP contribution in [-0.2, 0) is 11.2 Å². The van der Waals surface area contributed by atoms with Gasteiger partial charge in [-0.15, -0.1) is 0 Å². The van der Waals surface area contributed by atoms with Crippen LogP contribution >= 0.6 is 0 Å². The minimum absolute atomic E-state index is 0.0917. The maximum absolute atomic E-state index is 11.2. The van der Waals surface area contributed by atoms with Gasteiger partial charge >= 0.3 is 0 Å². The number of carbonyl (C=O) groups is 1. The van der Waals surface area contributed by atoms with Crippen LogP contribution in [0.25, 0.3) is 22.4 Å². The number of nitrogens with zero attached hydrogens (tertiary/aromatic N) is 1. The Hall–Kier alpha value is -2.62. The van der Waals surface area contributed by atoms with Crippen molar-refractivity contribution in [3.05, 3.63) is 54.1 Å². The van der Waals surface area contributed by atoms with E-state index in [0.29, 0.717) is 13.0 Å². The maximum atomic E-state index is 11.2. The number of fused-ring (bicyclic) bond motifs is 1. The first-order valence-corrected chi connectivity index (χ1v) is 7.57. The van der Waals surface area contributed by atoms with Crippen molar-refractivity contribution in [2.75, 3.05) is 6.54 Å². The molecule has 3 aromatic rings. The predicted molar refractivity (Wildman–Crippen MR) is 88.5 cm³/mol. The van der Waals surface area contributed by atoms with Crippen molar-refractivity contribution in [2.45, 2.75) is 19.8 Å². The van der Waals surface area contributed by atoms with E-state index in [1.54, 1.807) is 0 Å². The summed E-state index contributed by atoms with van der Waals surface area (Å²) in [6.07, 6.45) is 1.35. The molecule has 0 aliphatic heterocycles. The maximum Gasteiger partial charge on any atom is 0.219 e. The molecule has 0 saturated heterocycles. The van der Waals surface area contributed by atoms with Gasteiger partial charge in [0.25, 0.3) is 0 Å². The van der Waals surface area contributed by atoms with Gasteiger partial charge in [0, 0.05) is 18.5 Å². The zero-order valence-electron chi connectivity index (χ0n) is 12.6. The molecule has 3 rings (SSSR count). The van der Waals surface area contributed by atoms with Crippen LogP contribution in [0, 0.1) is 0 Å². The van der Waals surface area contributed by atoms with Gasteiger partial charge in [-0.2, -0.15) is 0 Å². The largest absolute Gasteiger partial charge is 0.356 e. The van der Waals surface area contributed by atoms with Crippen LogP contribution in [0.2, 0.25) is 0 Å². The Morgan fingerprint density at radius 3 is 2.77 bits per heavy atom. The molecule has 0 aliphatic carbocycles. The Kier molecular flexibility index (Phi) is 4.19. The molecule has 4 nitrogen and oxygen atoms in total.